The van der Waals surface area contributed by atoms with Gasteiger partial charge < -0.3 is 25.3 Å². The fourth-order valence-electron chi connectivity index (χ4n) is 3.63. The summed E-state index contributed by atoms with van der Waals surface area (Å²) in [6, 6.07) is 3.78. The van der Waals surface area contributed by atoms with Crippen molar-refractivity contribution in [3.05, 3.63) is 28.9 Å². The number of rotatable bonds is 5. The average Bonchev–Trinajstić information content (AvgIpc) is 2.75. The zero-order valence-electron chi connectivity index (χ0n) is 17.2. The number of hydrogen-bond donors (Lipinski definition) is 2. The Kier molecular flexibility index (Phi) is 5.78. The van der Waals surface area contributed by atoms with Crippen molar-refractivity contribution in [1.29, 1.82) is 0 Å². The summed E-state index contributed by atoms with van der Waals surface area (Å²) in [5.41, 5.74) is 8.07. The molecule has 1 saturated heterocycles. The molecule has 9 heteroatoms. The van der Waals surface area contributed by atoms with Crippen LogP contribution in [0.1, 0.15) is 18.4 Å². The van der Waals surface area contributed by atoms with Crippen molar-refractivity contribution in [2.75, 3.05) is 38.5 Å². The Balaban J connectivity index is 1.91. The van der Waals surface area contributed by atoms with Crippen LogP contribution in [0, 0.1) is 6.92 Å². The Morgan fingerprint density at radius 2 is 1.87 bits per heavy atom. The number of nitrogen functional groups attached to an aromatic ring is 1. The van der Waals surface area contributed by atoms with E-state index in [9.17, 15) is 0 Å². The lowest BCUT2D eigenvalue weighted by molar-refractivity contribution is 0.0904. The number of benzene rings is 1. The van der Waals surface area contributed by atoms with Crippen LogP contribution in [-0.4, -0.2) is 48.4 Å². The predicted octanol–water partition coefficient (Wildman–Crippen LogP) is 3.84. The molecule has 0 saturated carbocycles. The number of ether oxygens (including phenoxy) is 3. The zero-order valence-corrected chi connectivity index (χ0v) is 17.9. The SMILES string of the molecule is COc1cc(OC)c(Cl)c(-c2nc(NC3CCOCC3)c3cc(N)ncc3n2)c1C. The monoisotopic (exact) mass is 429 g/mol. The normalized spacial score (nSPS) is 14.7. The van der Waals surface area contributed by atoms with Crippen LogP contribution in [0.3, 0.4) is 0 Å². The Hall–Kier alpha value is -2.84. The molecular weight excluding hydrogens is 406 g/mol. The molecule has 8 nitrogen and oxygen atoms in total. The van der Waals surface area contributed by atoms with Crippen LogP contribution in [0.25, 0.3) is 22.3 Å². The number of halogens is 1. The van der Waals surface area contributed by atoms with E-state index in [0.717, 1.165) is 37.0 Å². The van der Waals surface area contributed by atoms with Crippen LogP contribution < -0.4 is 20.5 Å². The highest BCUT2D eigenvalue weighted by atomic mass is 35.5. The molecular formula is C21H24ClN5O3. The molecule has 3 N–H and O–H groups in total. The molecule has 1 aliphatic heterocycles. The van der Waals surface area contributed by atoms with E-state index in [4.69, 9.17) is 41.5 Å². The molecule has 2 aromatic heterocycles. The predicted molar refractivity (Wildman–Crippen MR) is 117 cm³/mol. The summed E-state index contributed by atoms with van der Waals surface area (Å²) >= 11 is 6.67. The first-order valence-electron chi connectivity index (χ1n) is 9.70. The summed E-state index contributed by atoms with van der Waals surface area (Å²) in [4.78, 5) is 13.8. The van der Waals surface area contributed by atoms with Gasteiger partial charge in [-0.1, -0.05) is 11.6 Å². The molecule has 0 radical (unpaired) electrons. The van der Waals surface area contributed by atoms with Crippen LogP contribution in [0.4, 0.5) is 11.6 Å². The minimum atomic E-state index is 0.246. The van der Waals surface area contributed by atoms with Crippen LogP contribution >= 0.6 is 11.6 Å². The highest BCUT2D eigenvalue weighted by Crippen LogP contribution is 2.42. The number of nitrogens with two attached hydrogens (primary N) is 1. The van der Waals surface area contributed by atoms with Crippen molar-refractivity contribution in [3.8, 4) is 22.9 Å². The molecule has 0 bridgehead atoms. The number of aromatic nitrogens is 3. The van der Waals surface area contributed by atoms with E-state index in [-0.39, 0.29) is 6.04 Å². The molecule has 3 heterocycles. The standard InChI is InChI=1S/C21H24ClN5O3/c1-11-15(28-2)9-16(29-3)19(22)18(11)21-26-14-10-24-17(23)8-13(14)20(27-21)25-12-4-6-30-7-5-12/h8-10,12H,4-7H2,1-3H3,(H2,23,24)(H,25,26,27). The quantitative estimate of drug-likeness (QED) is 0.630. The Bertz CT molecular complexity index is 1060. The van der Waals surface area contributed by atoms with Crippen LogP contribution in [0.2, 0.25) is 5.02 Å². The summed E-state index contributed by atoms with van der Waals surface area (Å²) in [6.07, 6.45) is 3.44. The van der Waals surface area contributed by atoms with Gasteiger partial charge in [-0.2, -0.15) is 0 Å². The second-order valence-corrected chi connectivity index (χ2v) is 7.53. The van der Waals surface area contributed by atoms with Gasteiger partial charge in [0.25, 0.3) is 0 Å². The molecule has 0 aliphatic carbocycles. The average molecular weight is 430 g/mol. The molecule has 4 rings (SSSR count). The summed E-state index contributed by atoms with van der Waals surface area (Å²) in [5, 5.41) is 4.77. The third-order valence-corrected chi connectivity index (χ3v) is 5.65. The minimum Gasteiger partial charge on any atom is -0.496 e. The van der Waals surface area contributed by atoms with Crippen molar-refractivity contribution >= 4 is 34.1 Å². The fraction of sp³-hybridized carbons (Fsp3) is 0.381. The van der Waals surface area contributed by atoms with E-state index >= 15 is 0 Å². The molecule has 0 spiro atoms. The van der Waals surface area contributed by atoms with Crippen LogP contribution in [0.15, 0.2) is 18.3 Å². The summed E-state index contributed by atoms with van der Waals surface area (Å²) < 4.78 is 16.4. The van der Waals surface area contributed by atoms with E-state index in [1.807, 2.05) is 6.92 Å². The van der Waals surface area contributed by atoms with Gasteiger partial charge >= 0.3 is 0 Å². The van der Waals surface area contributed by atoms with Gasteiger partial charge in [-0.05, 0) is 25.8 Å². The van der Waals surface area contributed by atoms with Gasteiger partial charge in [0.05, 0.1) is 31.0 Å². The number of pyridine rings is 1. The lowest BCUT2D eigenvalue weighted by Gasteiger charge is -2.24. The maximum atomic E-state index is 6.67. The van der Waals surface area contributed by atoms with E-state index < -0.39 is 0 Å². The first-order valence-corrected chi connectivity index (χ1v) is 10.1. The summed E-state index contributed by atoms with van der Waals surface area (Å²) in [7, 11) is 3.16. The second-order valence-electron chi connectivity index (χ2n) is 7.15. The summed E-state index contributed by atoms with van der Waals surface area (Å²) in [5.74, 6) is 2.69. The Morgan fingerprint density at radius 3 is 2.57 bits per heavy atom. The molecule has 0 amide bonds. The van der Waals surface area contributed by atoms with Crippen LogP contribution in [0.5, 0.6) is 11.5 Å². The van der Waals surface area contributed by atoms with Gasteiger partial charge in [-0.25, -0.2) is 15.0 Å². The molecule has 30 heavy (non-hydrogen) atoms. The van der Waals surface area contributed by atoms with Crippen molar-refractivity contribution in [2.24, 2.45) is 0 Å². The van der Waals surface area contributed by atoms with E-state index in [2.05, 4.69) is 10.3 Å². The van der Waals surface area contributed by atoms with Crippen LogP contribution in [-0.2, 0) is 4.74 Å². The number of fused-ring (bicyclic) bond motifs is 1. The molecule has 1 aromatic carbocycles. The molecule has 1 aliphatic rings. The molecule has 158 valence electrons. The van der Waals surface area contributed by atoms with E-state index in [0.29, 0.717) is 45.1 Å². The molecule has 1 fully saturated rings. The zero-order chi connectivity index (χ0) is 21.3. The van der Waals surface area contributed by atoms with Crippen molar-refractivity contribution in [3.63, 3.8) is 0 Å². The van der Waals surface area contributed by atoms with E-state index in [1.165, 1.54) is 0 Å². The van der Waals surface area contributed by atoms with Gasteiger partial charge in [0.15, 0.2) is 5.82 Å². The Labute approximate surface area is 179 Å². The van der Waals surface area contributed by atoms with Crippen molar-refractivity contribution in [2.45, 2.75) is 25.8 Å². The van der Waals surface area contributed by atoms with E-state index in [1.54, 1.807) is 32.5 Å². The maximum absolute atomic E-state index is 6.67. The first kappa shape index (κ1) is 20.4. The highest BCUT2D eigenvalue weighted by Gasteiger charge is 2.22. The van der Waals surface area contributed by atoms with Crippen molar-refractivity contribution < 1.29 is 14.2 Å². The lowest BCUT2D eigenvalue weighted by atomic mass is 10.1. The van der Waals surface area contributed by atoms with Gasteiger partial charge in [-0.15, -0.1) is 0 Å². The van der Waals surface area contributed by atoms with Crippen molar-refractivity contribution in [1.82, 2.24) is 15.0 Å². The molecule has 0 unspecified atom stereocenters. The fourth-order valence-corrected chi connectivity index (χ4v) is 3.99. The number of nitrogens with one attached hydrogen (secondary N) is 1. The topological polar surface area (TPSA) is 104 Å². The smallest absolute Gasteiger partial charge is 0.164 e. The summed E-state index contributed by atoms with van der Waals surface area (Å²) in [6.45, 7) is 3.35. The largest absolute Gasteiger partial charge is 0.496 e. The molecule has 0 atom stereocenters. The van der Waals surface area contributed by atoms with Gasteiger partial charge in [0, 0.05) is 41.8 Å². The lowest BCUT2D eigenvalue weighted by Crippen LogP contribution is -2.28. The highest BCUT2D eigenvalue weighted by molar-refractivity contribution is 6.35. The van der Waals surface area contributed by atoms with Gasteiger partial charge in [-0.3, -0.25) is 0 Å². The number of hydrogen-bond acceptors (Lipinski definition) is 8. The Morgan fingerprint density at radius 1 is 1.13 bits per heavy atom. The number of nitrogens with zero attached hydrogens (tertiary/aromatic N) is 3. The molecule has 3 aromatic rings. The minimum absolute atomic E-state index is 0.246. The number of anilines is 2. The maximum Gasteiger partial charge on any atom is 0.164 e. The third kappa shape index (κ3) is 3.80. The first-order chi connectivity index (χ1) is 14.5. The number of methoxy groups -OCH3 is 2. The van der Waals surface area contributed by atoms with Gasteiger partial charge in [0.2, 0.25) is 0 Å². The second kappa shape index (κ2) is 8.49. The third-order valence-electron chi connectivity index (χ3n) is 5.27. The van der Waals surface area contributed by atoms with Gasteiger partial charge in [0.1, 0.15) is 23.1 Å².